The lowest BCUT2D eigenvalue weighted by Crippen LogP contribution is -2.43. The van der Waals surface area contributed by atoms with Crippen molar-refractivity contribution in [2.75, 3.05) is 5.32 Å². The second kappa shape index (κ2) is 7.43. The Balaban J connectivity index is 1.56. The highest BCUT2D eigenvalue weighted by Crippen LogP contribution is 2.50. The SMILES string of the molecule is CC1CC(O)(OC(=O)Nc2cccs2)Cc2c(O)c3c(c(O)c21)C(=O)c1ccccc1C3=O. The van der Waals surface area contributed by atoms with Crippen LogP contribution in [0.5, 0.6) is 11.5 Å². The molecule has 168 valence electrons. The van der Waals surface area contributed by atoms with Crippen LogP contribution in [-0.4, -0.2) is 38.8 Å². The lowest BCUT2D eigenvalue weighted by molar-refractivity contribution is -0.168. The molecule has 4 N–H and O–H groups in total. The van der Waals surface area contributed by atoms with E-state index in [-0.39, 0.29) is 46.2 Å². The fourth-order valence-electron chi connectivity index (χ4n) is 4.75. The van der Waals surface area contributed by atoms with Gasteiger partial charge < -0.3 is 20.1 Å². The molecule has 33 heavy (non-hydrogen) atoms. The lowest BCUT2D eigenvalue weighted by atomic mass is 9.73. The van der Waals surface area contributed by atoms with E-state index in [1.54, 1.807) is 36.6 Å². The van der Waals surface area contributed by atoms with Gasteiger partial charge in [-0.05, 0) is 23.4 Å². The van der Waals surface area contributed by atoms with Gasteiger partial charge in [-0.15, -0.1) is 11.3 Å². The summed E-state index contributed by atoms with van der Waals surface area (Å²) in [7, 11) is 0. The largest absolute Gasteiger partial charge is 0.507 e. The zero-order valence-electron chi connectivity index (χ0n) is 17.4. The normalized spacial score (nSPS) is 21.1. The third-order valence-electron chi connectivity index (χ3n) is 6.06. The van der Waals surface area contributed by atoms with E-state index in [0.29, 0.717) is 5.00 Å². The molecule has 0 fully saturated rings. The number of amides is 1. The minimum Gasteiger partial charge on any atom is -0.507 e. The van der Waals surface area contributed by atoms with Gasteiger partial charge in [0.1, 0.15) is 11.5 Å². The minimum absolute atomic E-state index is 0.0666. The summed E-state index contributed by atoms with van der Waals surface area (Å²) in [4.78, 5) is 38.5. The predicted octanol–water partition coefficient (Wildman–Crippen LogP) is 3.92. The number of thiophene rings is 1. The van der Waals surface area contributed by atoms with Crippen LogP contribution >= 0.6 is 11.3 Å². The molecule has 0 spiro atoms. The van der Waals surface area contributed by atoms with Crippen LogP contribution in [0.4, 0.5) is 9.80 Å². The summed E-state index contributed by atoms with van der Waals surface area (Å²) in [6, 6.07) is 9.61. The first-order valence-corrected chi connectivity index (χ1v) is 11.1. The van der Waals surface area contributed by atoms with Crippen LogP contribution in [0.15, 0.2) is 41.8 Å². The van der Waals surface area contributed by atoms with Crippen molar-refractivity contribution in [3.05, 3.63) is 75.2 Å². The first-order chi connectivity index (χ1) is 15.7. The molecule has 2 aliphatic rings. The standard InChI is InChI=1S/C24H19NO7S/c1-11-9-24(31,32-23(30)25-15-7-4-8-33-15)10-14-16(11)22(29)18-17(21(14)28)19(26)12-5-2-3-6-13(12)20(18)27/h2-8,11,28-29,31H,9-10H2,1H3,(H,25,30). The quantitative estimate of drug-likeness (QED) is 0.260. The van der Waals surface area contributed by atoms with Crippen molar-refractivity contribution in [2.45, 2.75) is 31.5 Å². The number of hydrogen-bond acceptors (Lipinski definition) is 8. The number of phenolic OH excluding ortho intramolecular Hbond substituents is 2. The highest BCUT2D eigenvalue weighted by atomic mass is 32.1. The van der Waals surface area contributed by atoms with Gasteiger partial charge in [-0.1, -0.05) is 31.2 Å². The number of nitrogens with one attached hydrogen (secondary N) is 1. The molecule has 0 saturated heterocycles. The van der Waals surface area contributed by atoms with Gasteiger partial charge in [-0.2, -0.15) is 0 Å². The number of aliphatic hydroxyl groups is 1. The van der Waals surface area contributed by atoms with Crippen molar-refractivity contribution in [2.24, 2.45) is 0 Å². The van der Waals surface area contributed by atoms with Gasteiger partial charge in [-0.3, -0.25) is 14.9 Å². The van der Waals surface area contributed by atoms with Crippen molar-refractivity contribution < 1.29 is 34.4 Å². The van der Waals surface area contributed by atoms with E-state index in [9.17, 15) is 29.7 Å². The monoisotopic (exact) mass is 465 g/mol. The molecule has 3 aromatic rings. The summed E-state index contributed by atoms with van der Waals surface area (Å²) >= 11 is 1.28. The van der Waals surface area contributed by atoms with Crippen molar-refractivity contribution in [1.82, 2.24) is 0 Å². The first-order valence-electron chi connectivity index (χ1n) is 10.2. The van der Waals surface area contributed by atoms with Crippen LogP contribution in [0.1, 0.15) is 62.2 Å². The Labute approximate surface area is 192 Å². The smallest absolute Gasteiger partial charge is 0.414 e. The summed E-state index contributed by atoms with van der Waals surface area (Å²) in [5, 5.41) is 38.0. The Morgan fingerprint density at radius 1 is 1.06 bits per heavy atom. The van der Waals surface area contributed by atoms with Crippen LogP contribution in [0.2, 0.25) is 0 Å². The van der Waals surface area contributed by atoms with Gasteiger partial charge in [0.15, 0.2) is 11.6 Å². The van der Waals surface area contributed by atoms with Gasteiger partial charge in [0.2, 0.25) is 5.79 Å². The topological polar surface area (TPSA) is 133 Å². The summed E-state index contributed by atoms with van der Waals surface area (Å²) in [5.41, 5.74) is 0.0299. The second-order valence-electron chi connectivity index (χ2n) is 8.26. The minimum atomic E-state index is -1.99. The number of rotatable bonds is 2. The number of aromatic hydroxyl groups is 2. The van der Waals surface area contributed by atoms with Gasteiger partial charge in [-0.25, -0.2) is 4.79 Å². The van der Waals surface area contributed by atoms with Crippen LogP contribution in [0.3, 0.4) is 0 Å². The third kappa shape index (κ3) is 3.28. The zero-order chi connectivity index (χ0) is 23.5. The van der Waals surface area contributed by atoms with Gasteiger partial charge in [0.05, 0.1) is 16.1 Å². The summed E-state index contributed by atoms with van der Waals surface area (Å²) in [5.74, 6) is -4.65. The molecular formula is C24H19NO7S. The molecule has 2 aliphatic carbocycles. The van der Waals surface area contributed by atoms with E-state index in [1.807, 2.05) is 0 Å². The maximum absolute atomic E-state index is 13.1. The van der Waals surface area contributed by atoms with Crippen LogP contribution < -0.4 is 5.32 Å². The number of fused-ring (bicyclic) bond motifs is 3. The fourth-order valence-corrected chi connectivity index (χ4v) is 5.35. The molecule has 1 aromatic heterocycles. The van der Waals surface area contributed by atoms with Crippen LogP contribution in [0.25, 0.3) is 0 Å². The van der Waals surface area contributed by atoms with Crippen LogP contribution in [-0.2, 0) is 11.2 Å². The number of hydrogen-bond donors (Lipinski definition) is 4. The molecular weight excluding hydrogens is 446 g/mol. The van der Waals surface area contributed by atoms with Crippen molar-refractivity contribution in [3.8, 4) is 11.5 Å². The summed E-state index contributed by atoms with van der Waals surface area (Å²) < 4.78 is 5.29. The number of benzene rings is 2. The van der Waals surface area contributed by atoms with E-state index in [1.165, 1.54) is 23.5 Å². The zero-order valence-corrected chi connectivity index (χ0v) is 18.2. The van der Waals surface area contributed by atoms with Crippen molar-refractivity contribution in [3.63, 3.8) is 0 Å². The highest BCUT2D eigenvalue weighted by Gasteiger charge is 2.46. The lowest BCUT2D eigenvalue weighted by Gasteiger charge is -2.37. The maximum atomic E-state index is 13.1. The number of ketones is 2. The van der Waals surface area contributed by atoms with E-state index >= 15 is 0 Å². The number of anilines is 1. The number of phenols is 2. The third-order valence-corrected chi connectivity index (χ3v) is 6.85. The molecule has 2 unspecified atom stereocenters. The number of carbonyl (C=O) groups excluding carboxylic acids is 3. The van der Waals surface area contributed by atoms with E-state index in [4.69, 9.17) is 4.74 Å². The molecule has 8 nitrogen and oxygen atoms in total. The molecule has 9 heteroatoms. The molecule has 2 aromatic carbocycles. The molecule has 1 amide bonds. The van der Waals surface area contributed by atoms with Gasteiger partial charge in [0, 0.05) is 35.1 Å². The Morgan fingerprint density at radius 3 is 2.30 bits per heavy atom. The maximum Gasteiger partial charge on any atom is 0.414 e. The molecule has 2 atom stereocenters. The Kier molecular flexibility index (Phi) is 4.77. The van der Waals surface area contributed by atoms with Crippen molar-refractivity contribution >= 4 is 34.0 Å². The van der Waals surface area contributed by atoms with Crippen LogP contribution in [0, 0.1) is 0 Å². The summed E-state index contributed by atoms with van der Waals surface area (Å²) in [6.07, 6.45) is -1.32. The molecule has 1 heterocycles. The Hall–Kier alpha value is -3.69. The number of ether oxygens (including phenoxy) is 1. The van der Waals surface area contributed by atoms with Crippen molar-refractivity contribution in [1.29, 1.82) is 0 Å². The van der Waals surface area contributed by atoms with E-state index in [2.05, 4.69) is 5.32 Å². The summed E-state index contributed by atoms with van der Waals surface area (Å²) in [6.45, 7) is 1.66. The Bertz CT molecular complexity index is 1330. The van der Waals surface area contributed by atoms with Gasteiger partial charge >= 0.3 is 6.09 Å². The van der Waals surface area contributed by atoms with Gasteiger partial charge in [0.25, 0.3) is 0 Å². The Morgan fingerprint density at radius 2 is 1.70 bits per heavy atom. The fraction of sp³-hybridized carbons (Fsp3) is 0.208. The predicted molar refractivity (Wildman–Crippen MR) is 119 cm³/mol. The number of carbonyl (C=O) groups is 3. The average molecular weight is 465 g/mol. The molecule has 0 aliphatic heterocycles. The molecule has 0 radical (unpaired) electrons. The second-order valence-corrected chi connectivity index (χ2v) is 9.21. The molecule has 0 saturated carbocycles. The van der Waals surface area contributed by atoms with E-state index < -0.39 is 40.9 Å². The van der Waals surface area contributed by atoms with E-state index in [0.717, 1.165) is 0 Å². The molecule has 0 bridgehead atoms. The highest BCUT2D eigenvalue weighted by molar-refractivity contribution is 7.14. The average Bonchev–Trinajstić information content (AvgIpc) is 3.26. The molecule has 5 rings (SSSR count). The first kappa shape index (κ1) is 21.2.